The van der Waals surface area contributed by atoms with Gasteiger partial charge in [0.15, 0.2) is 5.05 Å². The topological polar surface area (TPSA) is 30.9 Å². The fraction of sp³-hybridized carbons (Fsp3) is 0.500. The van der Waals surface area contributed by atoms with Crippen molar-refractivity contribution in [3.05, 3.63) is 29.8 Å². The number of methoxy groups -OCH3 is 1. The number of benzene rings is 1. The first-order chi connectivity index (χ1) is 9.29. The summed E-state index contributed by atoms with van der Waals surface area (Å²) in [4.78, 5) is 2.32. The molecule has 0 atom stereocenters. The molecule has 112 valence electrons. The van der Waals surface area contributed by atoms with E-state index in [1.165, 1.54) is 0 Å². The van der Waals surface area contributed by atoms with Gasteiger partial charge in [-0.05, 0) is 36.5 Å². The molecule has 1 aliphatic heterocycles. The molecule has 0 radical (unpaired) electrons. The minimum Gasteiger partial charge on any atom is -0.497 e. The molecular weight excluding hydrogens is 298 g/mol. The van der Waals surface area contributed by atoms with Crippen molar-refractivity contribution in [2.75, 3.05) is 46.6 Å². The summed E-state index contributed by atoms with van der Waals surface area (Å²) in [5.41, 5.74) is 0.915. The van der Waals surface area contributed by atoms with Gasteiger partial charge in [-0.1, -0.05) is 0 Å². The highest BCUT2D eigenvalue weighted by Gasteiger charge is 2.10. The Morgan fingerprint density at radius 3 is 2.50 bits per heavy atom. The van der Waals surface area contributed by atoms with Crippen LogP contribution in [0, 0.1) is 0 Å². The second-order valence-corrected chi connectivity index (χ2v) is 4.69. The summed E-state index contributed by atoms with van der Waals surface area (Å²) < 4.78 is 16.0. The van der Waals surface area contributed by atoms with Gasteiger partial charge in [0.2, 0.25) is 0 Å². The van der Waals surface area contributed by atoms with Gasteiger partial charge in [-0.3, -0.25) is 4.90 Å². The first-order valence-electron chi connectivity index (χ1n) is 6.41. The third-order valence-corrected chi connectivity index (χ3v) is 3.42. The zero-order valence-corrected chi connectivity index (χ0v) is 13.2. The first-order valence-corrected chi connectivity index (χ1v) is 6.81. The van der Waals surface area contributed by atoms with E-state index < -0.39 is 0 Å². The van der Waals surface area contributed by atoms with Crippen LogP contribution in [0.15, 0.2) is 24.3 Å². The maximum absolute atomic E-state index is 5.61. The van der Waals surface area contributed by atoms with Crippen LogP contribution in [0.25, 0.3) is 0 Å². The molecule has 0 amide bonds. The molecule has 0 unspecified atom stereocenters. The van der Waals surface area contributed by atoms with Crippen molar-refractivity contribution >= 4 is 29.7 Å². The van der Waals surface area contributed by atoms with E-state index in [-0.39, 0.29) is 12.4 Å². The minimum absolute atomic E-state index is 0. The minimum atomic E-state index is 0. The zero-order valence-electron chi connectivity index (χ0n) is 11.5. The standard InChI is InChI=1S/C14H19NO3S.ClH/c1-16-13-4-2-12(3-5-13)14(19)18-11-8-15-6-9-17-10-7-15;/h2-5H,6-11H2,1H3;1H. The Labute approximate surface area is 131 Å². The van der Waals surface area contributed by atoms with Crippen molar-refractivity contribution in [1.29, 1.82) is 0 Å². The lowest BCUT2D eigenvalue weighted by atomic mass is 10.2. The lowest BCUT2D eigenvalue weighted by Gasteiger charge is -2.26. The van der Waals surface area contributed by atoms with Gasteiger partial charge in [-0.2, -0.15) is 0 Å². The van der Waals surface area contributed by atoms with Crippen LogP contribution in [-0.2, 0) is 9.47 Å². The summed E-state index contributed by atoms with van der Waals surface area (Å²) in [6.45, 7) is 5.06. The Hall–Kier alpha value is -0.880. The van der Waals surface area contributed by atoms with E-state index in [1.54, 1.807) is 7.11 Å². The Morgan fingerprint density at radius 2 is 1.90 bits per heavy atom. The molecule has 1 aliphatic rings. The van der Waals surface area contributed by atoms with Gasteiger partial charge in [-0.25, -0.2) is 0 Å². The van der Waals surface area contributed by atoms with Crippen LogP contribution in [0.5, 0.6) is 5.75 Å². The van der Waals surface area contributed by atoms with Crippen LogP contribution in [0.1, 0.15) is 5.56 Å². The van der Waals surface area contributed by atoms with Crippen LogP contribution in [0.2, 0.25) is 0 Å². The van der Waals surface area contributed by atoms with E-state index in [0.29, 0.717) is 11.7 Å². The number of hydrogen-bond donors (Lipinski definition) is 0. The Balaban J connectivity index is 0.00000200. The number of morpholine rings is 1. The van der Waals surface area contributed by atoms with Gasteiger partial charge in [0.05, 0.1) is 20.3 Å². The molecule has 6 heteroatoms. The highest BCUT2D eigenvalue weighted by atomic mass is 35.5. The van der Waals surface area contributed by atoms with E-state index in [4.69, 9.17) is 26.4 Å². The van der Waals surface area contributed by atoms with Crippen LogP contribution in [0.3, 0.4) is 0 Å². The first kappa shape index (κ1) is 17.2. The van der Waals surface area contributed by atoms with Crippen LogP contribution in [-0.4, -0.2) is 56.5 Å². The average Bonchev–Trinajstić information content (AvgIpc) is 2.48. The number of halogens is 1. The molecule has 4 nitrogen and oxygen atoms in total. The molecule has 0 aromatic heterocycles. The van der Waals surface area contributed by atoms with E-state index >= 15 is 0 Å². The number of ether oxygens (including phenoxy) is 3. The van der Waals surface area contributed by atoms with Gasteiger partial charge in [-0.15, -0.1) is 12.4 Å². The van der Waals surface area contributed by atoms with Crippen LogP contribution < -0.4 is 4.74 Å². The molecule has 1 saturated heterocycles. The molecule has 0 bridgehead atoms. The lowest BCUT2D eigenvalue weighted by molar-refractivity contribution is 0.0318. The molecule has 0 aliphatic carbocycles. The fourth-order valence-corrected chi connectivity index (χ4v) is 2.12. The second kappa shape index (κ2) is 9.13. The third kappa shape index (κ3) is 5.25. The van der Waals surface area contributed by atoms with Gasteiger partial charge >= 0.3 is 0 Å². The average molecular weight is 318 g/mol. The van der Waals surface area contributed by atoms with Crippen LogP contribution in [0.4, 0.5) is 0 Å². The Bertz CT molecular complexity index is 407. The molecule has 0 saturated carbocycles. The fourth-order valence-electron chi connectivity index (χ4n) is 1.90. The SMILES string of the molecule is COc1ccc(C(=S)OCCN2CCOCC2)cc1.Cl. The number of hydrogen-bond acceptors (Lipinski definition) is 5. The summed E-state index contributed by atoms with van der Waals surface area (Å²) >= 11 is 5.26. The summed E-state index contributed by atoms with van der Waals surface area (Å²) in [7, 11) is 1.65. The molecule has 1 aromatic carbocycles. The van der Waals surface area contributed by atoms with Gasteiger partial charge in [0.1, 0.15) is 12.4 Å². The normalized spacial score (nSPS) is 15.2. The van der Waals surface area contributed by atoms with E-state index in [1.807, 2.05) is 24.3 Å². The molecule has 20 heavy (non-hydrogen) atoms. The number of rotatable bonds is 5. The van der Waals surface area contributed by atoms with E-state index in [0.717, 1.165) is 44.2 Å². The monoisotopic (exact) mass is 317 g/mol. The molecular formula is C14H20ClNO3S. The zero-order chi connectivity index (χ0) is 13.5. The maximum atomic E-state index is 5.61. The summed E-state index contributed by atoms with van der Waals surface area (Å²) in [6, 6.07) is 7.59. The highest BCUT2D eigenvalue weighted by molar-refractivity contribution is 7.80. The molecule has 0 spiro atoms. The van der Waals surface area contributed by atoms with Gasteiger partial charge < -0.3 is 14.2 Å². The van der Waals surface area contributed by atoms with Crippen molar-refractivity contribution in [2.24, 2.45) is 0 Å². The molecule has 1 fully saturated rings. The predicted octanol–water partition coefficient (Wildman–Crippen LogP) is 2.14. The molecule has 2 rings (SSSR count). The second-order valence-electron chi connectivity index (χ2n) is 4.32. The van der Waals surface area contributed by atoms with Gasteiger partial charge in [0.25, 0.3) is 0 Å². The maximum Gasteiger partial charge on any atom is 0.191 e. The Morgan fingerprint density at radius 1 is 1.25 bits per heavy atom. The number of thiocarbonyl (C=S) groups is 1. The molecule has 1 heterocycles. The van der Waals surface area contributed by atoms with E-state index in [9.17, 15) is 0 Å². The molecule has 0 N–H and O–H groups in total. The summed E-state index contributed by atoms with van der Waals surface area (Å²) in [6.07, 6.45) is 0. The van der Waals surface area contributed by atoms with Crippen molar-refractivity contribution < 1.29 is 14.2 Å². The van der Waals surface area contributed by atoms with Crippen LogP contribution >= 0.6 is 24.6 Å². The van der Waals surface area contributed by atoms with Crippen molar-refractivity contribution in [2.45, 2.75) is 0 Å². The predicted molar refractivity (Wildman–Crippen MR) is 85.2 cm³/mol. The summed E-state index contributed by atoms with van der Waals surface area (Å²) in [5.74, 6) is 0.819. The Kier molecular flexibility index (Phi) is 7.84. The van der Waals surface area contributed by atoms with Crippen molar-refractivity contribution in [1.82, 2.24) is 4.90 Å². The largest absolute Gasteiger partial charge is 0.497 e. The van der Waals surface area contributed by atoms with Crippen molar-refractivity contribution in [3.63, 3.8) is 0 Å². The van der Waals surface area contributed by atoms with Crippen molar-refractivity contribution in [3.8, 4) is 5.75 Å². The summed E-state index contributed by atoms with van der Waals surface area (Å²) in [5, 5.41) is 0.538. The van der Waals surface area contributed by atoms with Gasteiger partial charge in [0, 0.05) is 25.2 Å². The molecule has 1 aromatic rings. The van der Waals surface area contributed by atoms with E-state index in [2.05, 4.69) is 4.90 Å². The lowest BCUT2D eigenvalue weighted by Crippen LogP contribution is -2.38. The third-order valence-electron chi connectivity index (χ3n) is 3.07. The number of nitrogens with zero attached hydrogens (tertiary/aromatic N) is 1. The smallest absolute Gasteiger partial charge is 0.191 e. The highest BCUT2D eigenvalue weighted by Crippen LogP contribution is 2.12. The quantitative estimate of drug-likeness (QED) is 0.777.